The van der Waals surface area contributed by atoms with Crippen LogP contribution in [0.2, 0.25) is 0 Å². The zero-order chi connectivity index (χ0) is 43.2. The van der Waals surface area contributed by atoms with Crippen LogP contribution >= 0.6 is 0 Å². The van der Waals surface area contributed by atoms with Crippen LogP contribution in [-0.4, -0.2) is 40.4 Å². The minimum absolute atomic E-state index is 0.0460. The van der Waals surface area contributed by atoms with Gasteiger partial charge in [0.1, 0.15) is 29.3 Å². The quantitative estimate of drug-likeness (QED) is 0.0339. The largest absolute Gasteiger partial charge is 0.575 e. The van der Waals surface area contributed by atoms with Gasteiger partial charge < -0.3 is 24.5 Å². The van der Waals surface area contributed by atoms with Crippen LogP contribution < -0.4 is 0 Å². The van der Waals surface area contributed by atoms with Gasteiger partial charge in [0.05, 0.1) is 6.61 Å². The fourth-order valence-corrected chi connectivity index (χ4v) is 3.62. The number of benzene rings is 3. The van der Waals surface area contributed by atoms with E-state index >= 15 is 0 Å². The molecule has 0 bridgehead atoms. The maximum atomic E-state index is 12.1. The average Bonchev–Trinajstić information content (AvgIpc) is 3.20. The molecule has 0 saturated carbocycles. The Balaban J connectivity index is -0.000000357. The molecule has 0 radical (unpaired) electrons. The Hall–Kier alpha value is -4.79. The highest BCUT2D eigenvalue weighted by atomic mass is 19.1. The normalized spacial score (nSPS) is 10.1. The Morgan fingerprint density at radius 1 is 0.873 bits per heavy atom. The fourth-order valence-electron chi connectivity index (χ4n) is 3.62. The van der Waals surface area contributed by atoms with Crippen molar-refractivity contribution >= 4 is 17.9 Å². The first kappa shape index (κ1) is 56.9. The Morgan fingerprint density at radius 2 is 1.35 bits per heavy atom. The molecule has 310 valence electrons. The number of aliphatic hydroxyl groups is 2. The minimum atomic E-state index is -0.359. The van der Waals surface area contributed by atoms with E-state index in [0.29, 0.717) is 18.3 Å². The molecule has 0 fully saturated rings. The lowest BCUT2D eigenvalue weighted by Crippen LogP contribution is -2.18. The standard InChI is InChI=1S/C21H26O4.C9H16O.C6H4FNO.C4H8O.3C2H6/c1-4-5-14-24-20(23)15-25-19-12-8-17(9-13-19)21(2,3)16-6-10-18(22)11-7-16;1-4-9(10)7-5-6-8(2)3;7-5-1-3-6(8-9)4-2-5;1-4(2)3-5;3*1-2/h6-13,22H,4-5,14-15H2,1-3H3;4-5,7-8,10H,6H2,1-3H3;1-4H;3-4H,1-2H3;3*1-2H3/p+1/b;7-5-,9-4+;;;;;. The van der Waals surface area contributed by atoms with E-state index < -0.39 is 0 Å². The molecule has 3 aromatic rings. The van der Waals surface area contributed by atoms with E-state index in [1.807, 2.05) is 105 Å². The molecule has 3 N–H and O–H groups in total. The van der Waals surface area contributed by atoms with Crippen molar-refractivity contribution in [2.45, 2.75) is 122 Å². The van der Waals surface area contributed by atoms with Gasteiger partial charge in [0, 0.05) is 23.5 Å². The monoisotopic (exact) mass is 771 g/mol. The number of nitroso groups, excluding NO2 is 1. The topological polar surface area (TPSA) is 126 Å². The maximum Gasteiger partial charge on any atom is 0.395 e. The number of rotatable bonds is 13. The third kappa shape index (κ3) is 31.3. The van der Waals surface area contributed by atoms with Crippen LogP contribution in [0.3, 0.4) is 0 Å². The van der Waals surface area contributed by atoms with Crippen LogP contribution in [0.4, 0.5) is 10.1 Å². The predicted octanol–water partition coefficient (Wildman–Crippen LogP) is 13.5. The summed E-state index contributed by atoms with van der Waals surface area (Å²) < 4.78 is 21.5. The van der Waals surface area contributed by atoms with E-state index in [1.165, 1.54) is 24.3 Å². The number of ether oxygens (including phenoxy) is 2. The van der Waals surface area contributed by atoms with E-state index in [-0.39, 0.29) is 41.2 Å². The van der Waals surface area contributed by atoms with Crippen molar-refractivity contribution < 1.29 is 33.7 Å². The van der Waals surface area contributed by atoms with E-state index in [4.69, 9.17) is 9.84 Å². The molecule has 9 heteroatoms. The van der Waals surface area contributed by atoms with Gasteiger partial charge in [0.15, 0.2) is 0 Å². The number of aromatic hydroxyl groups is 2. The van der Waals surface area contributed by atoms with Crippen LogP contribution in [0.5, 0.6) is 11.5 Å². The second-order valence-corrected chi connectivity index (χ2v) is 12.3. The van der Waals surface area contributed by atoms with Crippen LogP contribution in [0.15, 0.2) is 102 Å². The summed E-state index contributed by atoms with van der Waals surface area (Å²) in [5.41, 5.74) is 2.32. The van der Waals surface area contributed by atoms with Crippen LogP contribution in [0.25, 0.3) is 0 Å². The summed E-state index contributed by atoms with van der Waals surface area (Å²) in [5.74, 6) is 1.60. The molecule has 3 rings (SSSR count). The molecule has 0 atom stereocenters. The SMILES string of the molecule is C/C=C(O)\C=C/CC(C)C.CC.CC.CC.CC(C)C=O.CCCCOC(=O)C[OH+]c1ccc(C(C)(C)c2ccc(O)cc2)cc1.O=Nc1ccc(F)cc1. The van der Waals surface area contributed by atoms with Gasteiger partial charge in [-0.15, -0.1) is 4.91 Å². The molecule has 0 heterocycles. The molecule has 3 aromatic carbocycles. The lowest BCUT2D eigenvalue weighted by molar-refractivity contribution is -0.152. The molecule has 0 spiro atoms. The lowest BCUT2D eigenvalue weighted by atomic mass is 9.78. The zero-order valence-electron chi connectivity index (χ0n) is 36.2. The first-order valence-corrected chi connectivity index (χ1v) is 19.5. The second-order valence-electron chi connectivity index (χ2n) is 12.3. The van der Waals surface area contributed by atoms with E-state index in [2.05, 4.69) is 44.5 Å². The number of aldehydes is 1. The van der Waals surface area contributed by atoms with Crippen LogP contribution in [-0.2, 0) is 19.7 Å². The molecular formula is C46H73FNO7+. The number of phenolic OH excluding ortho intramolecular Hbond substituents is 1. The summed E-state index contributed by atoms with van der Waals surface area (Å²) in [6.45, 7) is 28.7. The number of halogens is 1. The predicted molar refractivity (Wildman–Crippen MR) is 231 cm³/mol. The number of phenols is 1. The van der Waals surface area contributed by atoms with E-state index in [9.17, 15) is 24.0 Å². The molecule has 55 heavy (non-hydrogen) atoms. The molecule has 0 aromatic heterocycles. The average molecular weight is 771 g/mol. The smallest absolute Gasteiger partial charge is 0.395 e. The third-order valence-corrected chi connectivity index (χ3v) is 6.73. The van der Waals surface area contributed by atoms with Gasteiger partial charge >= 0.3 is 5.97 Å². The van der Waals surface area contributed by atoms with Gasteiger partial charge in [-0.25, -0.2) is 9.18 Å². The molecule has 0 saturated heterocycles. The number of carbonyl (C=O) groups is 2. The summed E-state index contributed by atoms with van der Waals surface area (Å²) in [4.78, 5) is 30.8. The van der Waals surface area contributed by atoms with Crippen molar-refractivity contribution in [3.8, 4) is 11.5 Å². The number of carbonyl (C=O) groups excluding carboxylic acids is 2. The summed E-state index contributed by atoms with van der Waals surface area (Å²) in [6.07, 6.45) is 9.23. The Morgan fingerprint density at radius 3 is 1.75 bits per heavy atom. The summed E-state index contributed by atoms with van der Waals surface area (Å²) >= 11 is 0. The number of unbranched alkanes of at least 4 members (excludes halogenated alkanes) is 1. The Kier molecular flexibility index (Phi) is 38.8. The lowest BCUT2D eigenvalue weighted by Gasteiger charge is -2.26. The van der Waals surface area contributed by atoms with E-state index in [0.717, 1.165) is 42.4 Å². The highest BCUT2D eigenvalue weighted by molar-refractivity contribution is 5.70. The molecule has 0 amide bonds. The minimum Gasteiger partial charge on any atom is -0.575 e. The molecular weight excluding hydrogens is 698 g/mol. The first-order valence-electron chi connectivity index (χ1n) is 19.5. The van der Waals surface area contributed by atoms with Crippen molar-refractivity contribution in [2.24, 2.45) is 17.0 Å². The molecule has 0 unspecified atom stereocenters. The van der Waals surface area contributed by atoms with Gasteiger partial charge in [-0.2, -0.15) is 0 Å². The van der Waals surface area contributed by atoms with Gasteiger partial charge in [-0.1, -0.05) is 115 Å². The van der Waals surface area contributed by atoms with Gasteiger partial charge in [0.2, 0.25) is 0 Å². The van der Waals surface area contributed by atoms with Crippen molar-refractivity contribution in [3.63, 3.8) is 0 Å². The Bertz CT molecular complexity index is 1400. The van der Waals surface area contributed by atoms with Crippen molar-refractivity contribution in [1.82, 2.24) is 0 Å². The number of allylic oxidation sites excluding steroid dienone is 3. The van der Waals surface area contributed by atoms with Gasteiger partial charge in [-0.05, 0) is 103 Å². The Labute approximate surface area is 332 Å². The first-order chi connectivity index (χ1) is 26.2. The maximum absolute atomic E-state index is 12.1. The van der Waals surface area contributed by atoms with Crippen LogP contribution in [0.1, 0.15) is 127 Å². The summed E-state index contributed by atoms with van der Waals surface area (Å²) in [7, 11) is 0. The second kappa shape index (κ2) is 37.5. The van der Waals surface area contributed by atoms with Crippen molar-refractivity contribution in [3.05, 3.63) is 119 Å². The molecule has 0 aliphatic carbocycles. The zero-order valence-corrected chi connectivity index (χ0v) is 36.2. The van der Waals surface area contributed by atoms with Crippen molar-refractivity contribution in [2.75, 3.05) is 13.2 Å². The van der Waals surface area contributed by atoms with Crippen LogP contribution in [0, 0.1) is 22.6 Å². The number of esters is 1. The summed E-state index contributed by atoms with van der Waals surface area (Å²) in [5, 5.41) is 21.0. The van der Waals surface area contributed by atoms with Crippen molar-refractivity contribution in [1.29, 1.82) is 0 Å². The number of nitrogens with zero attached hydrogens (tertiary/aromatic N) is 1. The molecule has 0 aliphatic rings. The highest BCUT2D eigenvalue weighted by Gasteiger charge is 2.23. The highest BCUT2D eigenvalue weighted by Crippen LogP contribution is 2.33. The van der Waals surface area contributed by atoms with Gasteiger partial charge in [0.25, 0.3) is 12.4 Å². The fraction of sp³-hybridized carbons (Fsp3) is 0.478. The molecule has 8 nitrogen and oxygen atoms in total. The number of aliphatic hydroxyl groups excluding tert-OH is 1. The van der Waals surface area contributed by atoms with E-state index in [1.54, 1.807) is 24.3 Å². The number of hydrogen-bond acceptors (Lipinski definition) is 7. The van der Waals surface area contributed by atoms with Gasteiger partial charge in [-0.3, -0.25) is 0 Å². The molecule has 0 aliphatic heterocycles. The third-order valence-electron chi connectivity index (χ3n) is 6.73. The number of hydrogen-bond donors (Lipinski definition) is 2. The summed E-state index contributed by atoms with van der Waals surface area (Å²) in [6, 6.07) is 20.2.